The summed E-state index contributed by atoms with van der Waals surface area (Å²) in [6, 6.07) is 0. The highest BCUT2D eigenvalue weighted by Crippen LogP contribution is 2.52. The average Bonchev–Trinajstić information content (AvgIpc) is 2.58. The molecule has 0 aromatic heterocycles. The molecule has 2 aliphatic heterocycles. The zero-order valence-electron chi connectivity index (χ0n) is 8.43. The molecule has 0 spiro atoms. The number of rotatable bonds is 1. The molecular formula is C10H14N2O3. The Morgan fingerprint density at radius 1 is 1.07 bits per heavy atom. The second kappa shape index (κ2) is 2.87. The van der Waals surface area contributed by atoms with Crippen molar-refractivity contribution < 1.29 is 14.7 Å². The van der Waals surface area contributed by atoms with Crippen LogP contribution in [0.25, 0.3) is 0 Å². The first-order valence-electron chi connectivity index (χ1n) is 5.45. The van der Waals surface area contributed by atoms with Crippen molar-refractivity contribution in [3.8, 4) is 0 Å². The Kier molecular flexibility index (Phi) is 1.72. The number of carbonyl (C=O) groups is 2. The predicted octanol–water partition coefficient (Wildman–Crippen LogP) is 0.0745. The largest absolute Gasteiger partial charge is 0.465 e. The third-order valence-corrected chi connectivity index (χ3v) is 3.92. The van der Waals surface area contributed by atoms with Crippen molar-refractivity contribution in [2.24, 2.45) is 17.8 Å². The number of hydrogen-bond acceptors (Lipinski definition) is 2. The molecule has 0 radical (unpaired) electrons. The lowest BCUT2D eigenvalue weighted by molar-refractivity contribution is -0.137. The number of fused-ring (bicyclic) bond motifs is 1. The van der Waals surface area contributed by atoms with Crippen molar-refractivity contribution in [3.05, 3.63) is 0 Å². The fourth-order valence-electron chi connectivity index (χ4n) is 2.80. The number of nitrogens with zero attached hydrogens (tertiary/aromatic N) is 2. The van der Waals surface area contributed by atoms with Crippen LogP contribution in [0.4, 0.5) is 4.79 Å². The van der Waals surface area contributed by atoms with Crippen LogP contribution in [0.1, 0.15) is 6.42 Å². The van der Waals surface area contributed by atoms with E-state index in [4.69, 9.17) is 5.11 Å². The molecule has 0 bridgehead atoms. The number of piperidine rings is 1. The van der Waals surface area contributed by atoms with E-state index in [1.807, 2.05) is 4.90 Å². The van der Waals surface area contributed by atoms with Gasteiger partial charge in [0.15, 0.2) is 0 Å². The predicted molar refractivity (Wildman–Crippen MR) is 51.3 cm³/mol. The van der Waals surface area contributed by atoms with Gasteiger partial charge in [0.25, 0.3) is 0 Å². The summed E-state index contributed by atoms with van der Waals surface area (Å²) in [6.07, 6.45) is 0.270. The van der Waals surface area contributed by atoms with Gasteiger partial charge in [0.05, 0.1) is 0 Å². The van der Waals surface area contributed by atoms with E-state index < -0.39 is 6.09 Å². The van der Waals surface area contributed by atoms with E-state index in [-0.39, 0.29) is 11.8 Å². The van der Waals surface area contributed by atoms with Crippen LogP contribution in [-0.2, 0) is 4.79 Å². The van der Waals surface area contributed by atoms with E-state index >= 15 is 0 Å². The second-order valence-corrected chi connectivity index (χ2v) is 4.72. The first-order chi connectivity index (χ1) is 7.18. The Morgan fingerprint density at radius 2 is 1.67 bits per heavy atom. The lowest BCUT2D eigenvalue weighted by Crippen LogP contribution is -2.44. The molecule has 15 heavy (non-hydrogen) atoms. The molecule has 5 nitrogen and oxygen atoms in total. The zero-order chi connectivity index (χ0) is 10.6. The number of hydrogen-bond donors (Lipinski definition) is 1. The zero-order valence-corrected chi connectivity index (χ0v) is 8.43. The lowest BCUT2D eigenvalue weighted by atomic mass is 10.1. The molecule has 2 heterocycles. The molecule has 0 unspecified atom stereocenters. The first kappa shape index (κ1) is 9.00. The van der Waals surface area contributed by atoms with Gasteiger partial charge in [0.2, 0.25) is 5.91 Å². The fourth-order valence-corrected chi connectivity index (χ4v) is 2.80. The number of carboxylic acid groups (broad SMARTS) is 1. The van der Waals surface area contributed by atoms with Crippen LogP contribution < -0.4 is 0 Å². The van der Waals surface area contributed by atoms with Crippen molar-refractivity contribution in [3.63, 3.8) is 0 Å². The summed E-state index contributed by atoms with van der Waals surface area (Å²) < 4.78 is 0. The van der Waals surface area contributed by atoms with Gasteiger partial charge in [-0.15, -0.1) is 0 Å². The molecule has 1 N–H and O–H groups in total. The highest BCUT2D eigenvalue weighted by molar-refractivity contribution is 5.83. The summed E-state index contributed by atoms with van der Waals surface area (Å²) in [6.45, 7) is 2.92. The first-order valence-corrected chi connectivity index (χ1v) is 5.45. The molecule has 2 saturated heterocycles. The van der Waals surface area contributed by atoms with Gasteiger partial charge in [-0.2, -0.15) is 0 Å². The lowest BCUT2D eigenvalue weighted by Gasteiger charge is -2.32. The maximum atomic E-state index is 11.8. The normalized spacial score (nSPS) is 37.2. The monoisotopic (exact) mass is 210 g/mol. The number of amides is 2. The van der Waals surface area contributed by atoms with Gasteiger partial charge in [-0.05, 0) is 18.3 Å². The van der Waals surface area contributed by atoms with E-state index in [2.05, 4.69) is 0 Å². The summed E-state index contributed by atoms with van der Waals surface area (Å²) in [5.74, 6) is 1.03. The van der Waals surface area contributed by atoms with E-state index in [1.165, 1.54) is 4.90 Å². The summed E-state index contributed by atoms with van der Waals surface area (Å²) in [4.78, 5) is 25.8. The summed E-state index contributed by atoms with van der Waals surface area (Å²) in [7, 11) is 0. The van der Waals surface area contributed by atoms with Gasteiger partial charge in [-0.3, -0.25) is 4.79 Å². The van der Waals surface area contributed by atoms with E-state index in [9.17, 15) is 9.59 Å². The minimum atomic E-state index is -0.850. The van der Waals surface area contributed by atoms with Crippen LogP contribution >= 0.6 is 0 Å². The standard InChI is InChI=1S/C10H14N2O3/c13-9(11-2-1-3-11)8-6-4-12(10(14)15)5-7(6)8/h6-8H,1-5H2,(H,14,15)/t6-,7+,8-. The van der Waals surface area contributed by atoms with Gasteiger partial charge in [0.1, 0.15) is 0 Å². The highest BCUT2D eigenvalue weighted by atomic mass is 16.4. The Morgan fingerprint density at radius 3 is 2.07 bits per heavy atom. The van der Waals surface area contributed by atoms with E-state index in [0.29, 0.717) is 24.9 Å². The van der Waals surface area contributed by atoms with E-state index in [1.54, 1.807) is 0 Å². The molecule has 3 rings (SSSR count). The quantitative estimate of drug-likeness (QED) is 0.666. The van der Waals surface area contributed by atoms with Gasteiger partial charge >= 0.3 is 6.09 Å². The molecule has 82 valence electrons. The molecule has 3 atom stereocenters. The smallest absolute Gasteiger partial charge is 0.407 e. The van der Waals surface area contributed by atoms with Crippen molar-refractivity contribution in [1.29, 1.82) is 0 Å². The number of likely N-dealkylation sites (tertiary alicyclic amines) is 2. The maximum absolute atomic E-state index is 11.8. The van der Waals surface area contributed by atoms with Crippen LogP contribution in [-0.4, -0.2) is 53.1 Å². The van der Waals surface area contributed by atoms with Crippen LogP contribution in [0, 0.1) is 17.8 Å². The maximum Gasteiger partial charge on any atom is 0.407 e. The molecule has 2 amide bonds. The fraction of sp³-hybridized carbons (Fsp3) is 0.800. The topological polar surface area (TPSA) is 60.9 Å². The van der Waals surface area contributed by atoms with Gasteiger partial charge < -0.3 is 14.9 Å². The molecule has 1 aliphatic carbocycles. The average molecular weight is 210 g/mol. The molecule has 5 heteroatoms. The molecular weight excluding hydrogens is 196 g/mol. The molecule has 0 aromatic rings. The minimum absolute atomic E-state index is 0.140. The Hall–Kier alpha value is -1.26. The molecule has 0 aromatic carbocycles. The van der Waals surface area contributed by atoms with Gasteiger partial charge in [-0.25, -0.2) is 4.79 Å². The highest BCUT2D eigenvalue weighted by Gasteiger charge is 2.61. The number of carbonyl (C=O) groups excluding carboxylic acids is 1. The van der Waals surface area contributed by atoms with Crippen molar-refractivity contribution in [2.45, 2.75) is 6.42 Å². The Balaban J connectivity index is 1.58. The van der Waals surface area contributed by atoms with Crippen LogP contribution in [0.2, 0.25) is 0 Å². The summed E-state index contributed by atoms with van der Waals surface area (Å²) in [5.41, 5.74) is 0. The van der Waals surface area contributed by atoms with Gasteiger partial charge in [0, 0.05) is 32.1 Å². The third kappa shape index (κ3) is 1.22. The van der Waals surface area contributed by atoms with E-state index in [0.717, 1.165) is 19.5 Å². The Labute approximate surface area is 87.6 Å². The summed E-state index contributed by atoms with van der Waals surface area (Å²) >= 11 is 0. The molecule has 3 fully saturated rings. The second-order valence-electron chi connectivity index (χ2n) is 4.72. The van der Waals surface area contributed by atoms with Crippen molar-refractivity contribution >= 4 is 12.0 Å². The van der Waals surface area contributed by atoms with Crippen molar-refractivity contribution in [1.82, 2.24) is 9.80 Å². The van der Waals surface area contributed by atoms with Crippen LogP contribution in [0.3, 0.4) is 0 Å². The Bertz CT molecular complexity index is 315. The molecule has 3 aliphatic rings. The minimum Gasteiger partial charge on any atom is -0.465 e. The van der Waals surface area contributed by atoms with Crippen LogP contribution in [0.5, 0.6) is 0 Å². The van der Waals surface area contributed by atoms with Gasteiger partial charge in [-0.1, -0.05) is 0 Å². The third-order valence-electron chi connectivity index (χ3n) is 3.92. The summed E-state index contributed by atoms with van der Waals surface area (Å²) in [5, 5.41) is 8.77. The van der Waals surface area contributed by atoms with Crippen LogP contribution in [0.15, 0.2) is 0 Å². The van der Waals surface area contributed by atoms with Crippen molar-refractivity contribution in [2.75, 3.05) is 26.2 Å². The SMILES string of the molecule is O=C(O)N1C[C@@H]2[C@H](C1)[C@@H]2C(=O)N1CCC1. The molecule has 1 saturated carbocycles.